The number of likely N-dealkylation sites (tertiary alicyclic amines) is 1. The molecule has 1 aliphatic heterocycles. The van der Waals surface area contributed by atoms with Crippen molar-refractivity contribution in [3.8, 4) is 0 Å². The number of hydrogen-bond acceptors (Lipinski definition) is 7. The molecule has 174 valence electrons. The van der Waals surface area contributed by atoms with Crippen LogP contribution in [0.1, 0.15) is 29.9 Å². The summed E-state index contributed by atoms with van der Waals surface area (Å²) in [6.07, 6.45) is 4.29. The van der Waals surface area contributed by atoms with Gasteiger partial charge in [-0.3, -0.25) is 10.1 Å². The lowest BCUT2D eigenvalue weighted by atomic mass is 9.90. The van der Waals surface area contributed by atoms with E-state index in [1.165, 1.54) is 5.56 Å². The molecule has 1 aromatic carbocycles. The van der Waals surface area contributed by atoms with Gasteiger partial charge in [-0.15, -0.1) is 0 Å². The van der Waals surface area contributed by atoms with E-state index in [-0.39, 0.29) is 4.92 Å². The first-order valence-corrected chi connectivity index (χ1v) is 12.3. The fraction of sp³-hybridized carbons (Fsp3) is 0.500. The zero-order valence-corrected chi connectivity index (χ0v) is 19.9. The van der Waals surface area contributed by atoms with E-state index in [9.17, 15) is 10.1 Å². The number of furan rings is 1. The molecule has 1 saturated heterocycles. The van der Waals surface area contributed by atoms with Crippen LogP contribution in [0.5, 0.6) is 0 Å². The van der Waals surface area contributed by atoms with Crippen molar-refractivity contribution < 1.29 is 9.34 Å². The summed E-state index contributed by atoms with van der Waals surface area (Å²) in [5, 5.41) is 14.4. The smallest absolute Gasteiger partial charge is 0.274 e. The minimum Gasteiger partial charge on any atom is -0.464 e. The summed E-state index contributed by atoms with van der Waals surface area (Å²) in [6, 6.07) is 14.6. The number of benzene rings is 1. The fourth-order valence-corrected chi connectivity index (χ4v) is 4.73. The highest BCUT2D eigenvalue weighted by atomic mass is 32.2. The van der Waals surface area contributed by atoms with Crippen LogP contribution in [-0.4, -0.2) is 54.2 Å². The topological polar surface area (TPSA) is 74.8 Å². The molecule has 0 atom stereocenters. The third kappa shape index (κ3) is 8.24. The summed E-state index contributed by atoms with van der Waals surface area (Å²) in [5.41, 5.74) is 1.37. The fourth-order valence-electron chi connectivity index (χ4n) is 3.98. The summed E-state index contributed by atoms with van der Waals surface area (Å²) >= 11 is 1.76. The lowest BCUT2D eigenvalue weighted by Gasteiger charge is -2.34. The molecule has 0 saturated carbocycles. The maximum atomic E-state index is 11.2. The van der Waals surface area contributed by atoms with Crippen LogP contribution >= 0.6 is 11.8 Å². The van der Waals surface area contributed by atoms with Crippen molar-refractivity contribution in [3.63, 3.8) is 0 Å². The Morgan fingerprint density at radius 2 is 1.94 bits per heavy atom. The van der Waals surface area contributed by atoms with Crippen LogP contribution in [0, 0.1) is 16.0 Å². The maximum Gasteiger partial charge on any atom is 0.274 e. The molecule has 0 spiro atoms. The van der Waals surface area contributed by atoms with Gasteiger partial charge in [-0.25, -0.2) is 0 Å². The van der Waals surface area contributed by atoms with Crippen LogP contribution in [0.25, 0.3) is 0 Å². The molecule has 1 N–H and O–H groups in total. The van der Waals surface area contributed by atoms with Crippen molar-refractivity contribution in [2.45, 2.75) is 31.6 Å². The number of hydrogen-bond donors (Lipinski definition) is 1. The van der Waals surface area contributed by atoms with Crippen molar-refractivity contribution >= 4 is 11.8 Å². The Balaban J connectivity index is 1.40. The Morgan fingerprint density at radius 3 is 2.62 bits per heavy atom. The minimum absolute atomic E-state index is 0.360. The van der Waals surface area contributed by atoms with Gasteiger partial charge in [-0.2, -0.15) is 11.8 Å². The van der Waals surface area contributed by atoms with E-state index in [2.05, 4.69) is 39.4 Å². The molecular formula is C24H34N4O3S. The molecule has 32 heavy (non-hydrogen) atoms. The van der Waals surface area contributed by atoms with Crippen LogP contribution in [-0.2, 0) is 18.7 Å². The van der Waals surface area contributed by atoms with Gasteiger partial charge in [-0.1, -0.05) is 30.3 Å². The molecule has 1 aromatic heterocycles. The van der Waals surface area contributed by atoms with Gasteiger partial charge in [-0.05, 0) is 57.0 Å². The standard InChI is InChI=1S/C24H34N4O3S/c1-26(2)17-22-8-9-23(31-22)19-32-15-12-25-24(18-28(29)30)27-13-10-21(11-14-27)16-20-6-4-3-5-7-20/h3-9,18,21,25H,10-17,19H2,1-2H3. The second-order valence-corrected chi connectivity index (χ2v) is 9.61. The second-order valence-electron chi connectivity index (χ2n) is 8.51. The Hall–Kier alpha value is -2.45. The molecule has 1 fully saturated rings. The maximum absolute atomic E-state index is 11.2. The number of nitrogens with zero attached hydrogens (tertiary/aromatic N) is 3. The number of nitro groups is 1. The molecule has 0 unspecified atom stereocenters. The zero-order valence-electron chi connectivity index (χ0n) is 19.0. The lowest BCUT2D eigenvalue weighted by Crippen LogP contribution is -2.39. The normalized spacial score (nSPS) is 15.3. The molecule has 8 heteroatoms. The molecule has 0 aliphatic carbocycles. The highest BCUT2D eigenvalue weighted by molar-refractivity contribution is 7.98. The number of thioether (sulfide) groups is 1. The zero-order chi connectivity index (χ0) is 22.8. The average Bonchev–Trinajstić information content (AvgIpc) is 3.20. The summed E-state index contributed by atoms with van der Waals surface area (Å²) in [7, 11) is 4.04. The Morgan fingerprint density at radius 1 is 1.22 bits per heavy atom. The molecule has 0 bridgehead atoms. The molecular weight excluding hydrogens is 424 g/mol. The van der Waals surface area contributed by atoms with Gasteiger partial charge in [0.1, 0.15) is 11.5 Å². The van der Waals surface area contributed by atoms with Crippen molar-refractivity contribution in [2.75, 3.05) is 39.5 Å². The van der Waals surface area contributed by atoms with Crippen LogP contribution in [0.4, 0.5) is 0 Å². The van der Waals surface area contributed by atoms with E-state index >= 15 is 0 Å². The van der Waals surface area contributed by atoms with Gasteiger partial charge in [0.2, 0.25) is 0 Å². The van der Waals surface area contributed by atoms with Crippen molar-refractivity contribution in [1.29, 1.82) is 0 Å². The molecule has 1 aliphatic rings. The van der Waals surface area contributed by atoms with Gasteiger partial charge in [0.15, 0.2) is 5.82 Å². The number of nitrogens with one attached hydrogen (secondary N) is 1. The summed E-state index contributed by atoms with van der Waals surface area (Å²) in [5.74, 6) is 4.84. The van der Waals surface area contributed by atoms with Gasteiger partial charge in [0.05, 0.1) is 17.2 Å². The van der Waals surface area contributed by atoms with Crippen molar-refractivity contribution in [3.05, 3.63) is 81.7 Å². The molecule has 2 heterocycles. The number of rotatable bonds is 12. The molecule has 0 radical (unpaired) electrons. The third-order valence-electron chi connectivity index (χ3n) is 5.54. The Labute approximate surface area is 195 Å². The van der Waals surface area contributed by atoms with Crippen LogP contribution in [0.2, 0.25) is 0 Å². The summed E-state index contributed by atoms with van der Waals surface area (Å²) in [4.78, 5) is 15.0. The largest absolute Gasteiger partial charge is 0.464 e. The van der Waals surface area contributed by atoms with Crippen LogP contribution in [0.15, 0.2) is 58.9 Å². The predicted molar refractivity (Wildman–Crippen MR) is 130 cm³/mol. The van der Waals surface area contributed by atoms with Crippen molar-refractivity contribution in [1.82, 2.24) is 15.1 Å². The summed E-state index contributed by atoms with van der Waals surface area (Å²) in [6.45, 7) is 3.17. The first-order valence-electron chi connectivity index (χ1n) is 11.2. The lowest BCUT2D eigenvalue weighted by molar-refractivity contribution is -0.404. The second kappa shape index (κ2) is 12.6. The van der Waals surface area contributed by atoms with Crippen LogP contribution in [0.3, 0.4) is 0 Å². The van der Waals surface area contributed by atoms with E-state index in [1.807, 2.05) is 32.3 Å². The third-order valence-corrected chi connectivity index (χ3v) is 6.52. The van der Waals surface area contributed by atoms with Gasteiger partial charge < -0.3 is 19.5 Å². The monoisotopic (exact) mass is 458 g/mol. The quantitative estimate of drug-likeness (QED) is 0.290. The van der Waals surface area contributed by atoms with E-state index in [0.717, 1.165) is 68.1 Å². The first kappa shape index (κ1) is 24.2. The van der Waals surface area contributed by atoms with Gasteiger partial charge in [0.25, 0.3) is 6.20 Å². The molecule has 7 nitrogen and oxygen atoms in total. The van der Waals surface area contributed by atoms with Crippen LogP contribution < -0.4 is 5.32 Å². The van der Waals surface area contributed by atoms with E-state index in [0.29, 0.717) is 18.3 Å². The Bertz CT molecular complexity index is 861. The van der Waals surface area contributed by atoms with E-state index < -0.39 is 0 Å². The van der Waals surface area contributed by atoms with E-state index in [4.69, 9.17) is 4.42 Å². The Kier molecular flexibility index (Phi) is 9.49. The molecule has 2 aromatic rings. The van der Waals surface area contributed by atoms with Gasteiger partial charge in [0, 0.05) is 25.4 Å². The highest BCUT2D eigenvalue weighted by Crippen LogP contribution is 2.23. The molecule has 0 amide bonds. The highest BCUT2D eigenvalue weighted by Gasteiger charge is 2.22. The van der Waals surface area contributed by atoms with Crippen molar-refractivity contribution in [2.24, 2.45) is 5.92 Å². The number of piperidine rings is 1. The SMILES string of the molecule is CN(C)Cc1ccc(CSCCNC(=C[N+](=O)[O-])N2CCC(Cc3ccccc3)CC2)o1. The predicted octanol–water partition coefficient (Wildman–Crippen LogP) is 4.19. The summed E-state index contributed by atoms with van der Waals surface area (Å²) < 4.78 is 5.83. The molecule has 3 rings (SSSR count). The first-order chi connectivity index (χ1) is 15.5. The average molecular weight is 459 g/mol. The minimum atomic E-state index is -0.360. The van der Waals surface area contributed by atoms with E-state index in [1.54, 1.807) is 11.8 Å². The van der Waals surface area contributed by atoms with Gasteiger partial charge >= 0.3 is 0 Å².